The standard InChI is InChI=1S/C13H17FN2O2S/c1-3-4-13(9-15)16(2)19(17,18)10-11-5-7-12(14)8-6-11/h5-8,13H,3-4,10H2,1-2H3/t13-/m0/s1. The molecule has 0 saturated heterocycles. The molecule has 0 bridgehead atoms. The molecule has 104 valence electrons. The largest absolute Gasteiger partial charge is 0.219 e. The zero-order valence-electron chi connectivity index (χ0n) is 11.0. The number of sulfonamides is 1. The highest BCUT2D eigenvalue weighted by Gasteiger charge is 2.25. The van der Waals surface area contributed by atoms with Crippen molar-refractivity contribution in [2.75, 3.05) is 7.05 Å². The first-order valence-corrected chi connectivity index (χ1v) is 7.61. The van der Waals surface area contributed by atoms with E-state index in [4.69, 9.17) is 5.26 Å². The average Bonchev–Trinajstić information content (AvgIpc) is 2.37. The van der Waals surface area contributed by atoms with Crippen molar-refractivity contribution in [2.45, 2.75) is 31.6 Å². The van der Waals surface area contributed by atoms with E-state index in [1.54, 1.807) is 0 Å². The average molecular weight is 284 g/mol. The molecule has 0 aromatic heterocycles. The van der Waals surface area contributed by atoms with E-state index in [-0.39, 0.29) is 5.75 Å². The summed E-state index contributed by atoms with van der Waals surface area (Å²) >= 11 is 0. The normalized spacial score (nSPS) is 13.2. The van der Waals surface area contributed by atoms with Gasteiger partial charge < -0.3 is 0 Å². The van der Waals surface area contributed by atoms with E-state index >= 15 is 0 Å². The smallest absolute Gasteiger partial charge is 0.212 e. The predicted molar refractivity (Wildman–Crippen MR) is 71.1 cm³/mol. The van der Waals surface area contributed by atoms with Crippen LogP contribution in [0.5, 0.6) is 0 Å². The maximum absolute atomic E-state index is 12.8. The summed E-state index contributed by atoms with van der Waals surface area (Å²) in [5, 5.41) is 8.99. The summed E-state index contributed by atoms with van der Waals surface area (Å²) < 4.78 is 38.1. The van der Waals surface area contributed by atoms with Crippen LogP contribution < -0.4 is 0 Å². The van der Waals surface area contributed by atoms with Crippen molar-refractivity contribution >= 4 is 10.0 Å². The first kappa shape index (κ1) is 15.6. The van der Waals surface area contributed by atoms with Gasteiger partial charge in [-0.3, -0.25) is 0 Å². The second-order valence-electron chi connectivity index (χ2n) is 4.33. The van der Waals surface area contributed by atoms with Crippen LogP contribution in [0.4, 0.5) is 4.39 Å². The summed E-state index contributed by atoms with van der Waals surface area (Å²) in [5.74, 6) is -0.638. The lowest BCUT2D eigenvalue weighted by Gasteiger charge is -2.21. The van der Waals surface area contributed by atoms with Gasteiger partial charge in [-0.15, -0.1) is 0 Å². The van der Waals surface area contributed by atoms with Crippen molar-refractivity contribution < 1.29 is 12.8 Å². The van der Waals surface area contributed by atoms with E-state index in [0.717, 1.165) is 10.7 Å². The Balaban J connectivity index is 2.86. The summed E-state index contributed by atoms with van der Waals surface area (Å²) in [6.45, 7) is 1.89. The quantitative estimate of drug-likeness (QED) is 0.805. The van der Waals surface area contributed by atoms with Gasteiger partial charge in [0, 0.05) is 7.05 Å². The highest BCUT2D eigenvalue weighted by Crippen LogP contribution is 2.15. The van der Waals surface area contributed by atoms with Gasteiger partial charge in [-0.2, -0.15) is 9.57 Å². The van der Waals surface area contributed by atoms with Crippen LogP contribution in [-0.4, -0.2) is 25.8 Å². The molecule has 1 rings (SSSR count). The summed E-state index contributed by atoms with van der Waals surface area (Å²) in [7, 11) is -2.17. The monoisotopic (exact) mass is 284 g/mol. The molecular weight excluding hydrogens is 267 g/mol. The highest BCUT2D eigenvalue weighted by molar-refractivity contribution is 7.88. The number of hydrogen-bond donors (Lipinski definition) is 0. The van der Waals surface area contributed by atoms with Crippen LogP contribution in [0.3, 0.4) is 0 Å². The number of rotatable bonds is 6. The van der Waals surface area contributed by atoms with Crippen LogP contribution in [-0.2, 0) is 15.8 Å². The van der Waals surface area contributed by atoms with Gasteiger partial charge in [0.2, 0.25) is 10.0 Å². The van der Waals surface area contributed by atoms with Gasteiger partial charge in [0.25, 0.3) is 0 Å². The van der Waals surface area contributed by atoms with E-state index in [2.05, 4.69) is 0 Å². The number of hydrogen-bond acceptors (Lipinski definition) is 3. The van der Waals surface area contributed by atoms with Gasteiger partial charge >= 0.3 is 0 Å². The molecule has 1 aromatic rings. The van der Waals surface area contributed by atoms with Gasteiger partial charge in [0.15, 0.2) is 0 Å². The van der Waals surface area contributed by atoms with E-state index in [9.17, 15) is 12.8 Å². The Hall–Kier alpha value is -1.45. The zero-order chi connectivity index (χ0) is 14.5. The molecule has 19 heavy (non-hydrogen) atoms. The minimum Gasteiger partial charge on any atom is -0.212 e. The third kappa shape index (κ3) is 4.30. The van der Waals surface area contributed by atoms with Crippen molar-refractivity contribution in [2.24, 2.45) is 0 Å². The number of nitrogens with zero attached hydrogens (tertiary/aromatic N) is 2. The van der Waals surface area contributed by atoms with Crippen molar-refractivity contribution in [3.05, 3.63) is 35.6 Å². The molecule has 0 fully saturated rings. The Kier molecular flexibility index (Phi) is 5.45. The predicted octanol–water partition coefficient (Wildman–Crippen LogP) is 2.28. The molecule has 0 aliphatic carbocycles. The maximum Gasteiger partial charge on any atom is 0.219 e. The molecule has 0 spiro atoms. The van der Waals surface area contributed by atoms with E-state index < -0.39 is 21.9 Å². The van der Waals surface area contributed by atoms with Crippen LogP contribution in [0.1, 0.15) is 25.3 Å². The summed E-state index contributed by atoms with van der Waals surface area (Å²) in [5.41, 5.74) is 0.501. The third-order valence-corrected chi connectivity index (χ3v) is 4.68. The molecule has 0 aliphatic heterocycles. The fraction of sp³-hybridized carbons (Fsp3) is 0.462. The van der Waals surface area contributed by atoms with E-state index in [1.165, 1.54) is 31.3 Å². The molecule has 4 nitrogen and oxygen atoms in total. The van der Waals surface area contributed by atoms with Crippen molar-refractivity contribution in [1.29, 1.82) is 5.26 Å². The second kappa shape index (κ2) is 6.64. The van der Waals surface area contributed by atoms with Gasteiger partial charge in [-0.25, -0.2) is 12.8 Å². The first-order chi connectivity index (χ1) is 8.90. The Bertz CT molecular complexity index is 549. The molecule has 0 saturated carbocycles. The molecule has 0 amide bonds. The summed E-state index contributed by atoms with van der Waals surface area (Å²) in [6.07, 6.45) is 1.23. The number of benzene rings is 1. The molecule has 6 heteroatoms. The van der Waals surface area contributed by atoms with Crippen molar-refractivity contribution in [3.63, 3.8) is 0 Å². The van der Waals surface area contributed by atoms with Crippen LogP contribution >= 0.6 is 0 Å². The number of halogens is 1. The molecule has 1 atom stereocenters. The Morgan fingerprint density at radius 3 is 2.42 bits per heavy atom. The Morgan fingerprint density at radius 2 is 1.95 bits per heavy atom. The molecule has 0 radical (unpaired) electrons. The third-order valence-electron chi connectivity index (χ3n) is 2.85. The Morgan fingerprint density at radius 1 is 1.37 bits per heavy atom. The summed E-state index contributed by atoms with van der Waals surface area (Å²) in [6, 6.07) is 6.64. The molecule has 0 heterocycles. The summed E-state index contributed by atoms with van der Waals surface area (Å²) in [4.78, 5) is 0. The molecule has 0 N–H and O–H groups in total. The number of nitriles is 1. The zero-order valence-corrected chi connectivity index (χ0v) is 11.8. The van der Waals surface area contributed by atoms with Crippen LogP contribution in [0.15, 0.2) is 24.3 Å². The minimum absolute atomic E-state index is 0.230. The lowest BCUT2D eigenvalue weighted by molar-refractivity contribution is 0.403. The lowest BCUT2D eigenvalue weighted by atomic mass is 10.2. The molecule has 1 aromatic carbocycles. The fourth-order valence-corrected chi connectivity index (χ4v) is 3.05. The molecular formula is C13H17FN2O2S. The Labute approximate surface area is 113 Å². The van der Waals surface area contributed by atoms with Gasteiger partial charge in [-0.05, 0) is 24.1 Å². The second-order valence-corrected chi connectivity index (χ2v) is 6.36. The van der Waals surface area contributed by atoms with Gasteiger partial charge in [0.05, 0.1) is 11.8 Å². The molecule has 0 unspecified atom stereocenters. The minimum atomic E-state index is -3.57. The van der Waals surface area contributed by atoms with E-state index in [0.29, 0.717) is 12.0 Å². The lowest BCUT2D eigenvalue weighted by Crippen LogP contribution is -2.36. The van der Waals surface area contributed by atoms with Crippen molar-refractivity contribution in [3.8, 4) is 6.07 Å². The fourth-order valence-electron chi connectivity index (χ4n) is 1.69. The SMILES string of the molecule is CCC[C@@H](C#N)N(C)S(=O)(=O)Cc1ccc(F)cc1. The van der Waals surface area contributed by atoms with E-state index in [1.807, 2.05) is 13.0 Å². The van der Waals surface area contributed by atoms with Crippen molar-refractivity contribution in [1.82, 2.24) is 4.31 Å². The van der Waals surface area contributed by atoms with Gasteiger partial charge in [-0.1, -0.05) is 25.5 Å². The van der Waals surface area contributed by atoms with Gasteiger partial charge in [0.1, 0.15) is 11.9 Å². The maximum atomic E-state index is 12.8. The van der Waals surface area contributed by atoms with Crippen LogP contribution in [0.2, 0.25) is 0 Å². The topological polar surface area (TPSA) is 61.2 Å². The molecule has 0 aliphatic rings. The first-order valence-electron chi connectivity index (χ1n) is 6.00. The van der Waals surface area contributed by atoms with Crippen LogP contribution in [0.25, 0.3) is 0 Å². The highest BCUT2D eigenvalue weighted by atomic mass is 32.2. The van der Waals surface area contributed by atoms with Crippen LogP contribution in [0, 0.1) is 17.1 Å².